The lowest BCUT2D eigenvalue weighted by Gasteiger charge is -2.31. The zero-order valence-electron chi connectivity index (χ0n) is 20.3. The molecule has 8 heteroatoms. The van der Waals surface area contributed by atoms with E-state index in [1.54, 1.807) is 12.1 Å². The van der Waals surface area contributed by atoms with E-state index in [4.69, 9.17) is 9.52 Å². The highest BCUT2D eigenvalue weighted by Crippen LogP contribution is 2.39. The van der Waals surface area contributed by atoms with E-state index in [0.29, 0.717) is 11.5 Å². The first-order valence-electron chi connectivity index (χ1n) is 12.4. The number of amides is 1. The van der Waals surface area contributed by atoms with Gasteiger partial charge >= 0.3 is 5.97 Å². The van der Waals surface area contributed by atoms with Gasteiger partial charge in [0.25, 0.3) is 5.91 Å². The minimum atomic E-state index is -0.936. The van der Waals surface area contributed by atoms with Crippen LogP contribution in [0.3, 0.4) is 0 Å². The van der Waals surface area contributed by atoms with Crippen LogP contribution in [0.25, 0.3) is 0 Å². The van der Waals surface area contributed by atoms with Crippen molar-refractivity contribution in [1.82, 2.24) is 10.7 Å². The first-order valence-corrected chi connectivity index (χ1v) is 12.4. The molecule has 0 radical (unpaired) electrons. The Morgan fingerprint density at radius 2 is 1.91 bits per heavy atom. The number of rotatable bonds is 9. The summed E-state index contributed by atoms with van der Waals surface area (Å²) in [4.78, 5) is 23.0. The number of allylic oxidation sites excluding steroid dienone is 1. The van der Waals surface area contributed by atoms with Gasteiger partial charge in [0.2, 0.25) is 0 Å². The summed E-state index contributed by atoms with van der Waals surface area (Å²) in [7, 11) is 0. The third-order valence-electron chi connectivity index (χ3n) is 6.74. The number of hydrazone groups is 1. The van der Waals surface area contributed by atoms with Crippen LogP contribution in [0.2, 0.25) is 0 Å². The number of hydrogen-bond donors (Lipinski definition) is 4. The van der Waals surface area contributed by atoms with E-state index in [1.807, 2.05) is 32.1 Å². The van der Waals surface area contributed by atoms with Crippen molar-refractivity contribution in [2.24, 2.45) is 11.0 Å². The van der Waals surface area contributed by atoms with Gasteiger partial charge in [-0.25, -0.2) is 0 Å². The van der Waals surface area contributed by atoms with Gasteiger partial charge in [-0.05, 0) is 69.0 Å². The predicted molar refractivity (Wildman–Crippen MR) is 136 cm³/mol. The lowest BCUT2D eigenvalue weighted by molar-refractivity contribution is -0.136. The summed E-state index contributed by atoms with van der Waals surface area (Å²) in [5, 5.41) is 19.4. The number of aliphatic carboxylic acids is 1. The summed E-state index contributed by atoms with van der Waals surface area (Å²) in [5.41, 5.74) is 6.67. The standard InChI is InChI=1S/C27H34N4O4/c1-17-8-13-23(31-30-17)24-16-22(18(2)35-24)26(19-6-4-3-5-7-19)29-21-11-9-20(10-12-21)27(34)28-15-14-25(32)33/h8-13,16,19,23,26,29,31H,3-7,14-15H2,1-2H3,(H,28,34)(H,32,33). The normalized spacial score (nSPS) is 18.9. The average Bonchev–Trinajstić information content (AvgIpc) is 3.24. The lowest BCUT2D eigenvalue weighted by Crippen LogP contribution is -2.26. The van der Waals surface area contributed by atoms with E-state index in [0.717, 1.165) is 41.3 Å². The van der Waals surface area contributed by atoms with Gasteiger partial charge in [0.05, 0.1) is 18.2 Å². The molecule has 1 aromatic heterocycles. The number of aryl methyl sites for hydroxylation is 1. The monoisotopic (exact) mass is 478 g/mol. The lowest BCUT2D eigenvalue weighted by atomic mass is 9.81. The van der Waals surface area contributed by atoms with E-state index >= 15 is 0 Å². The van der Waals surface area contributed by atoms with Gasteiger partial charge < -0.3 is 20.2 Å². The van der Waals surface area contributed by atoms with Crippen molar-refractivity contribution < 1.29 is 19.1 Å². The number of furan rings is 1. The van der Waals surface area contributed by atoms with Gasteiger partial charge in [-0.2, -0.15) is 5.10 Å². The molecule has 2 aliphatic rings. The van der Waals surface area contributed by atoms with Crippen molar-refractivity contribution in [3.8, 4) is 0 Å². The van der Waals surface area contributed by atoms with Crippen LogP contribution in [0.4, 0.5) is 5.69 Å². The van der Waals surface area contributed by atoms with E-state index in [-0.39, 0.29) is 31.0 Å². The Hall–Kier alpha value is -3.55. The average molecular weight is 479 g/mol. The molecule has 186 valence electrons. The van der Waals surface area contributed by atoms with Crippen molar-refractivity contribution in [1.29, 1.82) is 0 Å². The Morgan fingerprint density at radius 1 is 1.17 bits per heavy atom. The highest BCUT2D eigenvalue weighted by atomic mass is 16.4. The smallest absolute Gasteiger partial charge is 0.305 e. The SMILES string of the molecule is CC1=NNC(c2cc(C(Nc3ccc(C(=O)NCCC(=O)O)cc3)C3CCCCC3)c(C)o2)C=C1. The first kappa shape index (κ1) is 24.6. The van der Waals surface area contributed by atoms with E-state index < -0.39 is 5.97 Å². The zero-order chi connectivity index (χ0) is 24.8. The summed E-state index contributed by atoms with van der Waals surface area (Å²) in [6.45, 7) is 4.07. The van der Waals surface area contributed by atoms with Gasteiger partial charge in [0.1, 0.15) is 17.6 Å². The molecule has 8 nitrogen and oxygen atoms in total. The molecule has 1 saturated carbocycles. The summed E-state index contributed by atoms with van der Waals surface area (Å²) in [5.74, 6) is 1.03. The molecule has 1 aromatic carbocycles. The fourth-order valence-electron chi connectivity index (χ4n) is 4.83. The van der Waals surface area contributed by atoms with Crippen LogP contribution in [-0.2, 0) is 4.79 Å². The number of anilines is 1. The molecule has 2 aromatic rings. The number of nitrogens with one attached hydrogen (secondary N) is 3. The number of carboxylic acids is 1. The van der Waals surface area contributed by atoms with Crippen LogP contribution in [-0.4, -0.2) is 29.2 Å². The third-order valence-corrected chi connectivity index (χ3v) is 6.74. The number of benzene rings is 1. The first-order chi connectivity index (χ1) is 16.9. The van der Waals surface area contributed by atoms with Crippen molar-refractivity contribution in [3.05, 3.63) is 65.1 Å². The third kappa shape index (κ3) is 6.32. The zero-order valence-corrected chi connectivity index (χ0v) is 20.3. The maximum absolute atomic E-state index is 12.3. The van der Waals surface area contributed by atoms with Crippen molar-refractivity contribution in [3.63, 3.8) is 0 Å². The molecule has 4 N–H and O–H groups in total. The molecule has 1 aliphatic carbocycles. The number of carboxylic acid groups (broad SMARTS) is 1. The van der Waals surface area contributed by atoms with E-state index in [9.17, 15) is 9.59 Å². The minimum absolute atomic E-state index is 0.0860. The Kier molecular flexibility index (Phi) is 7.90. The van der Waals surface area contributed by atoms with Crippen LogP contribution in [0, 0.1) is 12.8 Å². The molecule has 0 saturated heterocycles. The van der Waals surface area contributed by atoms with Crippen molar-refractivity contribution >= 4 is 23.3 Å². The summed E-state index contributed by atoms with van der Waals surface area (Å²) >= 11 is 0. The number of nitrogens with zero attached hydrogens (tertiary/aromatic N) is 1. The number of hydrogen-bond acceptors (Lipinski definition) is 6. The summed E-state index contributed by atoms with van der Waals surface area (Å²) < 4.78 is 6.19. The van der Waals surface area contributed by atoms with Gasteiger partial charge in [-0.1, -0.05) is 25.3 Å². The second-order valence-electron chi connectivity index (χ2n) is 9.38. The largest absolute Gasteiger partial charge is 0.481 e. The molecular formula is C27H34N4O4. The van der Waals surface area contributed by atoms with Crippen LogP contribution in [0.5, 0.6) is 0 Å². The van der Waals surface area contributed by atoms with E-state index in [2.05, 4.69) is 33.3 Å². The second-order valence-corrected chi connectivity index (χ2v) is 9.38. The Bertz CT molecular complexity index is 1100. The molecule has 4 rings (SSSR count). The van der Waals surface area contributed by atoms with Crippen LogP contribution in [0.1, 0.15) is 85.0 Å². The van der Waals surface area contributed by atoms with Gasteiger partial charge in [-0.15, -0.1) is 0 Å². The number of carbonyl (C=O) groups is 2. The van der Waals surface area contributed by atoms with Crippen molar-refractivity contribution in [2.45, 2.75) is 64.5 Å². The maximum Gasteiger partial charge on any atom is 0.305 e. The second kappa shape index (κ2) is 11.3. The molecule has 2 unspecified atom stereocenters. The highest BCUT2D eigenvalue weighted by Gasteiger charge is 2.29. The molecule has 2 atom stereocenters. The molecule has 0 spiro atoms. The van der Waals surface area contributed by atoms with Gasteiger partial charge in [0.15, 0.2) is 0 Å². The topological polar surface area (TPSA) is 116 Å². The minimum Gasteiger partial charge on any atom is -0.481 e. The Labute approximate surface area is 205 Å². The fourth-order valence-corrected chi connectivity index (χ4v) is 4.83. The quantitative estimate of drug-likeness (QED) is 0.398. The highest BCUT2D eigenvalue weighted by molar-refractivity contribution is 5.94. The predicted octanol–water partition coefficient (Wildman–Crippen LogP) is 5.10. The molecule has 2 heterocycles. The van der Waals surface area contributed by atoms with Crippen LogP contribution < -0.4 is 16.1 Å². The molecule has 35 heavy (non-hydrogen) atoms. The molecule has 1 aliphatic heterocycles. The summed E-state index contributed by atoms with van der Waals surface area (Å²) in [6.07, 6.45) is 10.0. The number of carbonyl (C=O) groups excluding carboxylic acids is 1. The van der Waals surface area contributed by atoms with Crippen molar-refractivity contribution in [2.75, 3.05) is 11.9 Å². The molecule has 0 bridgehead atoms. The molecule has 1 amide bonds. The van der Waals surface area contributed by atoms with Crippen LogP contribution >= 0.6 is 0 Å². The van der Waals surface area contributed by atoms with Gasteiger partial charge in [-0.3, -0.25) is 15.0 Å². The van der Waals surface area contributed by atoms with E-state index in [1.165, 1.54) is 19.3 Å². The molecule has 1 fully saturated rings. The van der Waals surface area contributed by atoms with Crippen LogP contribution in [0.15, 0.2) is 52.0 Å². The maximum atomic E-state index is 12.3. The Balaban J connectivity index is 1.51. The molecular weight excluding hydrogens is 444 g/mol. The summed E-state index contributed by atoms with van der Waals surface area (Å²) in [6, 6.07) is 9.49. The Morgan fingerprint density at radius 3 is 2.57 bits per heavy atom. The van der Waals surface area contributed by atoms with Gasteiger partial charge in [0, 0.05) is 23.4 Å². The fraction of sp³-hybridized carbons (Fsp3) is 0.444.